The maximum Gasteiger partial charge on any atom is 0.234 e. The third-order valence-corrected chi connectivity index (χ3v) is 4.77. The monoisotopic (exact) mass is 370 g/mol. The van der Waals surface area contributed by atoms with E-state index in [2.05, 4.69) is 15.5 Å². The van der Waals surface area contributed by atoms with Crippen molar-refractivity contribution in [2.45, 2.75) is 25.4 Å². The molecule has 0 radical (unpaired) electrons. The van der Waals surface area contributed by atoms with E-state index in [0.29, 0.717) is 10.8 Å². The predicted molar refractivity (Wildman–Crippen MR) is 101 cm³/mol. The van der Waals surface area contributed by atoms with Gasteiger partial charge in [-0.3, -0.25) is 9.36 Å². The number of carbonyl (C=O) groups is 1. The van der Waals surface area contributed by atoms with E-state index in [1.807, 2.05) is 48.7 Å². The third-order valence-electron chi connectivity index (χ3n) is 3.84. The zero-order valence-electron chi connectivity index (χ0n) is 14.6. The Balaban J connectivity index is 1.73. The van der Waals surface area contributed by atoms with Crippen molar-refractivity contribution >= 4 is 23.4 Å². The predicted octanol–water partition coefficient (Wildman–Crippen LogP) is 4.01. The van der Waals surface area contributed by atoms with Crippen molar-refractivity contribution in [1.29, 1.82) is 0 Å². The van der Waals surface area contributed by atoms with Gasteiger partial charge >= 0.3 is 0 Å². The second kappa shape index (κ2) is 8.14. The van der Waals surface area contributed by atoms with E-state index < -0.39 is 0 Å². The first-order valence-corrected chi connectivity index (χ1v) is 9.25. The minimum Gasteiger partial charge on any atom is -0.325 e. The lowest BCUT2D eigenvalue weighted by molar-refractivity contribution is -0.113. The van der Waals surface area contributed by atoms with Crippen LogP contribution in [0.1, 0.15) is 18.3 Å². The number of para-hydroxylation sites is 1. The van der Waals surface area contributed by atoms with Gasteiger partial charge in [-0.05, 0) is 36.8 Å². The van der Waals surface area contributed by atoms with Crippen molar-refractivity contribution in [2.75, 3.05) is 11.1 Å². The smallest absolute Gasteiger partial charge is 0.234 e. The van der Waals surface area contributed by atoms with Crippen molar-refractivity contribution in [2.24, 2.45) is 0 Å². The quantitative estimate of drug-likeness (QED) is 0.666. The average Bonchev–Trinajstić information content (AvgIpc) is 3.07. The third kappa shape index (κ3) is 4.11. The molecule has 3 rings (SSSR count). The second-order valence-electron chi connectivity index (χ2n) is 5.72. The first-order chi connectivity index (χ1) is 12.6. The summed E-state index contributed by atoms with van der Waals surface area (Å²) in [6.07, 6.45) is 0.733. The van der Waals surface area contributed by atoms with Gasteiger partial charge in [-0.15, -0.1) is 10.2 Å². The topological polar surface area (TPSA) is 59.8 Å². The number of rotatable bonds is 6. The average molecular weight is 370 g/mol. The molecule has 3 aromatic rings. The molecule has 1 amide bonds. The lowest BCUT2D eigenvalue weighted by Crippen LogP contribution is -2.15. The number of aromatic nitrogens is 3. The van der Waals surface area contributed by atoms with E-state index in [4.69, 9.17) is 0 Å². The number of nitrogens with zero attached hydrogens (tertiary/aromatic N) is 3. The van der Waals surface area contributed by atoms with Gasteiger partial charge in [-0.25, -0.2) is 4.39 Å². The molecule has 26 heavy (non-hydrogen) atoms. The van der Waals surface area contributed by atoms with E-state index in [1.165, 1.54) is 23.9 Å². The van der Waals surface area contributed by atoms with Gasteiger partial charge in [-0.2, -0.15) is 0 Å². The molecular formula is C19H19FN4OS. The maximum atomic E-state index is 13.4. The molecule has 5 nitrogen and oxygen atoms in total. The Labute approximate surface area is 155 Å². The molecule has 0 aliphatic carbocycles. The molecule has 0 unspecified atom stereocenters. The molecule has 1 N–H and O–H groups in total. The molecule has 0 atom stereocenters. The van der Waals surface area contributed by atoms with Crippen LogP contribution in [0, 0.1) is 12.7 Å². The van der Waals surface area contributed by atoms with Crippen molar-refractivity contribution in [3.05, 3.63) is 65.7 Å². The van der Waals surface area contributed by atoms with Gasteiger partial charge in [0.15, 0.2) is 5.16 Å². The van der Waals surface area contributed by atoms with Crippen LogP contribution in [0.2, 0.25) is 0 Å². The van der Waals surface area contributed by atoms with Crippen LogP contribution in [0.4, 0.5) is 10.1 Å². The normalized spacial score (nSPS) is 10.7. The highest BCUT2D eigenvalue weighted by Gasteiger charge is 2.15. The van der Waals surface area contributed by atoms with Crippen molar-refractivity contribution < 1.29 is 9.18 Å². The van der Waals surface area contributed by atoms with Crippen LogP contribution in [0.25, 0.3) is 5.69 Å². The number of benzene rings is 2. The standard InChI is InChI=1S/C19H19FN4OS/c1-3-17-22-23-19(24(17)15-7-5-4-6-8-15)26-12-18(25)21-16-11-14(20)10-9-13(16)2/h4-11H,3,12H2,1-2H3,(H,21,25). The number of amides is 1. The van der Waals surface area contributed by atoms with Crippen molar-refractivity contribution in [1.82, 2.24) is 14.8 Å². The van der Waals surface area contributed by atoms with Gasteiger partial charge in [0.25, 0.3) is 0 Å². The summed E-state index contributed by atoms with van der Waals surface area (Å²) in [5.74, 6) is 0.393. The first kappa shape index (κ1) is 18.1. The number of carbonyl (C=O) groups excluding carboxylic acids is 1. The van der Waals surface area contributed by atoms with Crippen molar-refractivity contribution in [3.63, 3.8) is 0 Å². The summed E-state index contributed by atoms with van der Waals surface area (Å²) in [6.45, 7) is 3.83. The number of aryl methyl sites for hydroxylation is 2. The highest BCUT2D eigenvalue weighted by atomic mass is 32.2. The van der Waals surface area contributed by atoms with Crippen LogP contribution in [-0.2, 0) is 11.2 Å². The van der Waals surface area contributed by atoms with Crippen LogP contribution in [-0.4, -0.2) is 26.4 Å². The minimum atomic E-state index is -0.380. The molecule has 0 fully saturated rings. The summed E-state index contributed by atoms with van der Waals surface area (Å²) < 4.78 is 15.3. The molecule has 0 spiro atoms. The van der Waals surface area contributed by atoms with Crippen LogP contribution in [0.5, 0.6) is 0 Å². The minimum absolute atomic E-state index is 0.157. The van der Waals surface area contributed by atoms with E-state index in [0.717, 1.165) is 23.5 Å². The van der Waals surface area contributed by atoms with Crippen LogP contribution in [0.15, 0.2) is 53.7 Å². The van der Waals surface area contributed by atoms with Gasteiger partial charge in [0, 0.05) is 17.8 Å². The van der Waals surface area contributed by atoms with Crippen LogP contribution >= 0.6 is 11.8 Å². The number of anilines is 1. The van der Waals surface area contributed by atoms with Gasteiger partial charge in [0.2, 0.25) is 5.91 Å². The van der Waals surface area contributed by atoms with Gasteiger partial charge in [0.05, 0.1) is 5.75 Å². The van der Waals surface area contributed by atoms with E-state index >= 15 is 0 Å². The fourth-order valence-electron chi connectivity index (χ4n) is 2.50. The zero-order chi connectivity index (χ0) is 18.5. The largest absolute Gasteiger partial charge is 0.325 e. The molecule has 0 aliphatic heterocycles. The zero-order valence-corrected chi connectivity index (χ0v) is 15.4. The number of halogens is 1. The van der Waals surface area contributed by atoms with Crippen LogP contribution < -0.4 is 5.32 Å². The molecule has 2 aromatic carbocycles. The van der Waals surface area contributed by atoms with Gasteiger partial charge in [-0.1, -0.05) is 43.0 Å². The Morgan fingerprint density at radius 1 is 1.19 bits per heavy atom. The fourth-order valence-corrected chi connectivity index (χ4v) is 3.28. The molecule has 0 aliphatic rings. The Hall–Kier alpha value is -2.67. The Morgan fingerprint density at radius 3 is 2.69 bits per heavy atom. The molecular weight excluding hydrogens is 351 g/mol. The summed E-state index contributed by atoms with van der Waals surface area (Å²) >= 11 is 1.30. The van der Waals surface area contributed by atoms with E-state index in [1.54, 1.807) is 6.07 Å². The number of hydrogen-bond donors (Lipinski definition) is 1. The molecule has 0 saturated heterocycles. The SMILES string of the molecule is CCc1nnc(SCC(=O)Nc2cc(F)ccc2C)n1-c1ccccc1. The summed E-state index contributed by atoms with van der Waals surface area (Å²) in [4.78, 5) is 12.3. The number of thioether (sulfide) groups is 1. The highest BCUT2D eigenvalue weighted by Crippen LogP contribution is 2.23. The van der Waals surface area contributed by atoms with Gasteiger partial charge in [0.1, 0.15) is 11.6 Å². The summed E-state index contributed by atoms with van der Waals surface area (Å²) in [5.41, 5.74) is 2.25. The first-order valence-electron chi connectivity index (χ1n) is 8.27. The highest BCUT2D eigenvalue weighted by molar-refractivity contribution is 7.99. The Bertz CT molecular complexity index is 911. The summed E-state index contributed by atoms with van der Waals surface area (Å²) in [5, 5.41) is 11.8. The lowest BCUT2D eigenvalue weighted by Gasteiger charge is -2.10. The molecule has 134 valence electrons. The molecule has 1 aromatic heterocycles. The Morgan fingerprint density at radius 2 is 1.96 bits per heavy atom. The summed E-state index contributed by atoms with van der Waals surface area (Å²) in [7, 11) is 0. The second-order valence-corrected chi connectivity index (χ2v) is 6.66. The van der Waals surface area contributed by atoms with Gasteiger partial charge < -0.3 is 5.32 Å². The molecule has 0 bridgehead atoms. The van der Waals surface area contributed by atoms with E-state index in [-0.39, 0.29) is 17.5 Å². The van der Waals surface area contributed by atoms with Crippen molar-refractivity contribution in [3.8, 4) is 5.69 Å². The summed E-state index contributed by atoms with van der Waals surface area (Å²) in [6, 6.07) is 14.1. The fraction of sp³-hybridized carbons (Fsp3) is 0.211. The van der Waals surface area contributed by atoms with Crippen LogP contribution in [0.3, 0.4) is 0 Å². The number of hydrogen-bond acceptors (Lipinski definition) is 4. The maximum absolute atomic E-state index is 13.4. The molecule has 1 heterocycles. The molecule has 0 saturated carbocycles. The van der Waals surface area contributed by atoms with E-state index in [9.17, 15) is 9.18 Å². The number of nitrogens with one attached hydrogen (secondary N) is 1. The Kier molecular flexibility index (Phi) is 5.68. The molecule has 7 heteroatoms. The lowest BCUT2D eigenvalue weighted by atomic mass is 10.2.